The maximum Gasteiger partial charge on any atom is 0.315 e. The van der Waals surface area contributed by atoms with E-state index >= 15 is 0 Å². The van der Waals surface area contributed by atoms with Crippen molar-refractivity contribution < 1.29 is 9.53 Å². The van der Waals surface area contributed by atoms with Gasteiger partial charge in [-0.2, -0.15) is 0 Å². The highest BCUT2D eigenvalue weighted by molar-refractivity contribution is 5.74. The van der Waals surface area contributed by atoms with E-state index in [1.807, 2.05) is 13.8 Å². The largest absolute Gasteiger partial charge is 0.374 e. The minimum atomic E-state index is -0.118. The summed E-state index contributed by atoms with van der Waals surface area (Å²) in [7, 11) is 0. The number of likely N-dealkylation sites (N-methyl/N-ethyl adjacent to an activating group) is 1. The summed E-state index contributed by atoms with van der Waals surface area (Å²) in [6.07, 6.45) is 0.117. The second kappa shape index (κ2) is 6.70. The molecule has 5 nitrogen and oxygen atoms in total. The molecule has 1 fully saturated rings. The minimum Gasteiger partial charge on any atom is -0.374 e. The highest BCUT2D eigenvalue weighted by atomic mass is 16.5. The average molecular weight is 229 g/mol. The summed E-state index contributed by atoms with van der Waals surface area (Å²) in [5, 5.41) is 5.61. The van der Waals surface area contributed by atoms with Gasteiger partial charge in [0.15, 0.2) is 0 Å². The second-order valence-electron chi connectivity index (χ2n) is 4.40. The molecule has 0 saturated carbocycles. The lowest BCUT2D eigenvalue weighted by Crippen LogP contribution is -2.49. The molecule has 2 N–H and O–H groups in total. The van der Waals surface area contributed by atoms with Crippen LogP contribution in [0, 0.1) is 0 Å². The quantitative estimate of drug-likeness (QED) is 0.734. The first kappa shape index (κ1) is 13.3. The molecular weight excluding hydrogens is 206 g/mol. The van der Waals surface area contributed by atoms with Gasteiger partial charge in [0.25, 0.3) is 0 Å². The Morgan fingerprint density at radius 2 is 2.31 bits per heavy atom. The van der Waals surface area contributed by atoms with E-state index in [2.05, 4.69) is 22.5 Å². The molecule has 1 rings (SSSR count). The van der Waals surface area contributed by atoms with E-state index in [1.165, 1.54) is 0 Å². The number of carbonyl (C=O) groups is 1. The van der Waals surface area contributed by atoms with Gasteiger partial charge in [-0.25, -0.2) is 4.79 Å². The van der Waals surface area contributed by atoms with Gasteiger partial charge < -0.3 is 15.4 Å². The number of hydrogen-bond acceptors (Lipinski definition) is 3. The predicted octanol–water partition coefficient (Wildman–Crippen LogP) is 0.415. The Morgan fingerprint density at radius 1 is 1.56 bits per heavy atom. The number of morpholine rings is 1. The topological polar surface area (TPSA) is 53.6 Å². The molecule has 0 aromatic carbocycles. The number of urea groups is 1. The molecule has 0 aromatic rings. The average Bonchev–Trinajstić information content (AvgIpc) is 2.26. The van der Waals surface area contributed by atoms with E-state index in [1.54, 1.807) is 0 Å². The van der Waals surface area contributed by atoms with Gasteiger partial charge in [-0.1, -0.05) is 6.92 Å². The van der Waals surface area contributed by atoms with Gasteiger partial charge in [0.05, 0.1) is 12.7 Å². The van der Waals surface area contributed by atoms with E-state index in [0.29, 0.717) is 6.54 Å². The third-order valence-corrected chi connectivity index (χ3v) is 2.58. The van der Waals surface area contributed by atoms with Crippen LogP contribution in [-0.4, -0.2) is 55.9 Å². The summed E-state index contributed by atoms with van der Waals surface area (Å²) in [5.41, 5.74) is 0. The maximum atomic E-state index is 11.4. The normalized spacial score (nSPS) is 22.1. The number of nitrogens with zero attached hydrogens (tertiary/aromatic N) is 1. The van der Waals surface area contributed by atoms with Crippen molar-refractivity contribution in [1.82, 2.24) is 15.5 Å². The van der Waals surface area contributed by atoms with Crippen LogP contribution in [0.25, 0.3) is 0 Å². The van der Waals surface area contributed by atoms with Crippen LogP contribution in [0.4, 0.5) is 4.79 Å². The van der Waals surface area contributed by atoms with Gasteiger partial charge in [-0.3, -0.25) is 4.90 Å². The van der Waals surface area contributed by atoms with Crippen molar-refractivity contribution in [2.75, 3.05) is 32.8 Å². The highest BCUT2D eigenvalue weighted by Crippen LogP contribution is 2.03. The molecule has 1 unspecified atom stereocenters. The Labute approximate surface area is 97.5 Å². The van der Waals surface area contributed by atoms with Crippen LogP contribution in [0.15, 0.2) is 0 Å². The third kappa shape index (κ3) is 4.81. The van der Waals surface area contributed by atoms with Gasteiger partial charge in [-0.15, -0.1) is 0 Å². The van der Waals surface area contributed by atoms with Crippen LogP contribution in [0.5, 0.6) is 0 Å². The highest BCUT2D eigenvalue weighted by Gasteiger charge is 2.19. The Morgan fingerprint density at radius 3 is 2.94 bits per heavy atom. The minimum absolute atomic E-state index is 0.117. The third-order valence-electron chi connectivity index (χ3n) is 2.58. The van der Waals surface area contributed by atoms with Crippen LogP contribution >= 0.6 is 0 Å². The summed E-state index contributed by atoms with van der Waals surface area (Å²) in [6.45, 7) is 10.3. The summed E-state index contributed by atoms with van der Waals surface area (Å²) in [5.74, 6) is 0. The van der Waals surface area contributed by atoms with Crippen molar-refractivity contribution in [2.45, 2.75) is 32.9 Å². The lowest BCUT2D eigenvalue weighted by atomic mass is 10.2. The molecule has 94 valence electrons. The molecule has 1 aliphatic rings. The maximum absolute atomic E-state index is 11.4. The standard InChI is InChI=1S/C11H23N3O2/c1-4-14-5-6-16-10(8-14)7-12-11(15)13-9(2)3/h9-10H,4-8H2,1-3H3,(H2,12,13,15). The van der Waals surface area contributed by atoms with Crippen molar-refractivity contribution in [2.24, 2.45) is 0 Å². The van der Waals surface area contributed by atoms with Gasteiger partial charge in [0.2, 0.25) is 0 Å². The number of ether oxygens (including phenoxy) is 1. The van der Waals surface area contributed by atoms with Crippen LogP contribution < -0.4 is 10.6 Å². The van der Waals surface area contributed by atoms with Gasteiger partial charge >= 0.3 is 6.03 Å². The van der Waals surface area contributed by atoms with Gasteiger partial charge in [-0.05, 0) is 20.4 Å². The van der Waals surface area contributed by atoms with Crippen LogP contribution in [0.2, 0.25) is 0 Å². The van der Waals surface area contributed by atoms with E-state index in [9.17, 15) is 4.79 Å². The molecule has 0 aliphatic carbocycles. The first-order valence-corrected chi connectivity index (χ1v) is 6.00. The summed E-state index contributed by atoms with van der Waals surface area (Å²) >= 11 is 0. The second-order valence-corrected chi connectivity index (χ2v) is 4.40. The lowest BCUT2D eigenvalue weighted by Gasteiger charge is -2.32. The zero-order valence-corrected chi connectivity index (χ0v) is 10.5. The Balaban J connectivity index is 2.19. The monoisotopic (exact) mass is 229 g/mol. The van der Waals surface area contributed by atoms with Crippen LogP contribution in [0.3, 0.4) is 0 Å². The Kier molecular flexibility index (Phi) is 5.55. The molecule has 16 heavy (non-hydrogen) atoms. The molecule has 5 heteroatoms. The van der Waals surface area contributed by atoms with Gasteiger partial charge in [0.1, 0.15) is 0 Å². The first-order valence-electron chi connectivity index (χ1n) is 6.00. The zero-order chi connectivity index (χ0) is 12.0. The molecular formula is C11H23N3O2. The lowest BCUT2D eigenvalue weighted by molar-refractivity contribution is -0.0240. The Hall–Kier alpha value is -0.810. The van der Waals surface area contributed by atoms with Crippen molar-refractivity contribution in [1.29, 1.82) is 0 Å². The van der Waals surface area contributed by atoms with Crippen molar-refractivity contribution in [3.63, 3.8) is 0 Å². The number of carbonyl (C=O) groups excluding carboxylic acids is 1. The Bertz CT molecular complexity index is 221. The summed E-state index contributed by atoms with van der Waals surface area (Å²) in [4.78, 5) is 13.7. The zero-order valence-electron chi connectivity index (χ0n) is 10.5. The number of rotatable bonds is 4. The molecule has 0 radical (unpaired) electrons. The smallest absolute Gasteiger partial charge is 0.315 e. The van der Waals surface area contributed by atoms with Crippen LogP contribution in [0.1, 0.15) is 20.8 Å². The van der Waals surface area contributed by atoms with Crippen molar-refractivity contribution in [3.05, 3.63) is 0 Å². The van der Waals surface area contributed by atoms with E-state index < -0.39 is 0 Å². The SMILES string of the molecule is CCN1CCOC(CNC(=O)NC(C)C)C1. The number of hydrogen-bond donors (Lipinski definition) is 2. The van der Waals surface area contributed by atoms with Crippen molar-refractivity contribution >= 4 is 6.03 Å². The molecule has 0 bridgehead atoms. The fraction of sp³-hybridized carbons (Fsp3) is 0.909. The summed E-state index contributed by atoms with van der Waals surface area (Å²) in [6, 6.07) is 0.0478. The molecule has 1 heterocycles. The molecule has 1 saturated heterocycles. The molecule has 2 amide bonds. The number of nitrogens with one attached hydrogen (secondary N) is 2. The summed E-state index contributed by atoms with van der Waals surface area (Å²) < 4.78 is 5.58. The number of amides is 2. The predicted molar refractivity (Wildman–Crippen MR) is 63.5 cm³/mol. The first-order chi connectivity index (χ1) is 7.61. The van der Waals surface area contributed by atoms with Crippen LogP contribution in [-0.2, 0) is 4.74 Å². The molecule has 0 spiro atoms. The van der Waals surface area contributed by atoms with E-state index in [0.717, 1.165) is 26.2 Å². The van der Waals surface area contributed by atoms with E-state index in [4.69, 9.17) is 4.74 Å². The fourth-order valence-corrected chi connectivity index (χ4v) is 1.71. The molecule has 1 atom stereocenters. The van der Waals surface area contributed by atoms with E-state index in [-0.39, 0.29) is 18.2 Å². The fourth-order valence-electron chi connectivity index (χ4n) is 1.71. The van der Waals surface area contributed by atoms with Crippen molar-refractivity contribution in [3.8, 4) is 0 Å². The molecule has 1 aliphatic heterocycles. The molecule has 0 aromatic heterocycles. The van der Waals surface area contributed by atoms with Gasteiger partial charge in [0, 0.05) is 25.7 Å².